The van der Waals surface area contributed by atoms with Crippen molar-refractivity contribution in [3.8, 4) is 5.88 Å². The molecular formula is C14H13Cl2N5O2. The number of carbonyl (C=O) groups excluding carboxylic acids is 1. The van der Waals surface area contributed by atoms with Gasteiger partial charge in [0, 0.05) is 24.8 Å². The van der Waals surface area contributed by atoms with E-state index in [-0.39, 0.29) is 27.8 Å². The molecule has 2 aromatic heterocycles. The van der Waals surface area contributed by atoms with E-state index >= 15 is 0 Å². The molecule has 3 N–H and O–H groups in total. The number of halogens is 2. The highest BCUT2D eigenvalue weighted by Crippen LogP contribution is 2.31. The summed E-state index contributed by atoms with van der Waals surface area (Å²) in [6, 6.07) is 4.50. The minimum Gasteiger partial charge on any atom is -0.383 e. The molecule has 0 bridgehead atoms. The first-order chi connectivity index (χ1) is 11.0. The number of nitrogens with one attached hydrogen (secondary N) is 1. The highest BCUT2D eigenvalue weighted by Gasteiger charge is 2.21. The fourth-order valence-corrected chi connectivity index (χ4v) is 2.21. The van der Waals surface area contributed by atoms with Gasteiger partial charge in [0.25, 0.3) is 11.8 Å². The van der Waals surface area contributed by atoms with Gasteiger partial charge in [-0.25, -0.2) is 4.98 Å². The highest BCUT2D eigenvalue weighted by atomic mass is 35.5. The zero-order chi connectivity index (χ0) is 16.4. The Labute approximate surface area is 142 Å². The van der Waals surface area contributed by atoms with Crippen LogP contribution in [0, 0.1) is 0 Å². The van der Waals surface area contributed by atoms with Crippen molar-refractivity contribution in [1.82, 2.24) is 15.0 Å². The summed E-state index contributed by atoms with van der Waals surface area (Å²) in [7, 11) is 0. The van der Waals surface area contributed by atoms with Gasteiger partial charge >= 0.3 is 0 Å². The summed E-state index contributed by atoms with van der Waals surface area (Å²) in [6.45, 7) is 1.58. The van der Waals surface area contributed by atoms with Crippen LogP contribution in [0.15, 0.2) is 24.4 Å². The van der Waals surface area contributed by atoms with E-state index < -0.39 is 0 Å². The minimum absolute atomic E-state index is 0.132. The Balaban J connectivity index is 1.85. The summed E-state index contributed by atoms with van der Waals surface area (Å²) in [6.07, 6.45) is 2.49. The summed E-state index contributed by atoms with van der Waals surface area (Å²) >= 11 is 11.8. The van der Waals surface area contributed by atoms with Crippen LogP contribution in [0.4, 0.5) is 11.5 Å². The molecule has 0 aliphatic carbocycles. The average Bonchev–Trinajstić information content (AvgIpc) is 2.47. The van der Waals surface area contributed by atoms with Crippen LogP contribution in [0.1, 0.15) is 16.8 Å². The first-order valence-electron chi connectivity index (χ1n) is 6.85. The maximum absolute atomic E-state index is 12.3. The van der Waals surface area contributed by atoms with Gasteiger partial charge in [-0.2, -0.15) is 4.98 Å². The molecule has 0 aromatic carbocycles. The molecule has 0 unspecified atom stereocenters. The number of anilines is 2. The lowest BCUT2D eigenvalue weighted by Gasteiger charge is -2.29. The third-order valence-electron chi connectivity index (χ3n) is 3.24. The van der Waals surface area contributed by atoms with E-state index in [1.165, 1.54) is 18.3 Å². The van der Waals surface area contributed by atoms with Crippen molar-refractivity contribution in [3.63, 3.8) is 0 Å². The Hall–Kier alpha value is -2.09. The van der Waals surface area contributed by atoms with Gasteiger partial charge in [-0.1, -0.05) is 23.2 Å². The van der Waals surface area contributed by atoms with Crippen molar-refractivity contribution in [2.24, 2.45) is 0 Å². The van der Waals surface area contributed by atoms with E-state index in [1.807, 2.05) is 0 Å². The van der Waals surface area contributed by atoms with E-state index in [0.717, 1.165) is 19.5 Å². The first kappa shape index (κ1) is 15.8. The van der Waals surface area contributed by atoms with Crippen LogP contribution in [0.25, 0.3) is 0 Å². The predicted octanol–water partition coefficient (Wildman–Crippen LogP) is 2.62. The van der Waals surface area contributed by atoms with Gasteiger partial charge in [-0.15, -0.1) is 5.06 Å². The lowest BCUT2D eigenvalue weighted by atomic mass is 10.2. The Morgan fingerprint density at radius 3 is 2.78 bits per heavy atom. The number of nitrogen functional groups attached to an aromatic ring is 1. The molecule has 120 valence electrons. The minimum atomic E-state index is -0.384. The molecule has 1 aliphatic rings. The number of hydrogen-bond acceptors (Lipinski definition) is 6. The van der Waals surface area contributed by atoms with Crippen molar-refractivity contribution >= 4 is 40.6 Å². The number of amides is 1. The number of pyridine rings is 2. The summed E-state index contributed by atoms with van der Waals surface area (Å²) in [5.41, 5.74) is 6.39. The summed E-state index contributed by atoms with van der Waals surface area (Å²) in [5, 5.41) is 4.86. The van der Waals surface area contributed by atoms with Gasteiger partial charge in [0.1, 0.15) is 16.7 Å². The standard InChI is InChI=1S/C14H13Cl2N5O2/c15-9-7-10(14(20-12(9)17)23-21-4-1-5-21)19-13(22)8-2-3-18-11(16)6-8/h2-3,6-7H,1,4-5H2,(H2,17,20)(H,19,22). The van der Waals surface area contributed by atoms with Crippen molar-refractivity contribution in [2.45, 2.75) is 6.42 Å². The van der Waals surface area contributed by atoms with Gasteiger partial charge in [-0.05, 0) is 24.6 Å². The largest absolute Gasteiger partial charge is 0.383 e. The molecule has 7 nitrogen and oxygen atoms in total. The lowest BCUT2D eigenvalue weighted by molar-refractivity contribution is -0.109. The molecule has 3 heterocycles. The number of nitrogens with two attached hydrogens (primary N) is 1. The fraction of sp³-hybridized carbons (Fsp3) is 0.214. The monoisotopic (exact) mass is 353 g/mol. The normalized spacial score (nSPS) is 14.2. The molecular weight excluding hydrogens is 341 g/mol. The van der Waals surface area contributed by atoms with Gasteiger partial charge in [-0.3, -0.25) is 4.79 Å². The number of hydroxylamine groups is 2. The first-order valence-corrected chi connectivity index (χ1v) is 7.60. The number of carbonyl (C=O) groups is 1. The van der Waals surface area contributed by atoms with Crippen molar-refractivity contribution in [1.29, 1.82) is 0 Å². The molecule has 1 saturated heterocycles. The molecule has 3 rings (SSSR count). The van der Waals surface area contributed by atoms with Crippen LogP contribution in [-0.4, -0.2) is 34.0 Å². The smallest absolute Gasteiger partial charge is 0.263 e. The Morgan fingerprint density at radius 2 is 2.13 bits per heavy atom. The fourth-order valence-electron chi connectivity index (χ4n) is 1.88. The molecule has 0 radical (unpaired) electrons. The van der Waals surface area contributed by atoms with Crippen molar-refractivity contribution < 1.29 is 9.63 Å². The number of rotatable bonds is 4. The zero-order valence-corrected chi connectivity index (χ0v) is 13.4. The van der Waals surface area contributed by atoms with Crippen LogP contribution < -0.4 is 15.9 Å². The molecule has 23 heavy (non-hydrogen) atoms. The van der Waals surface area contributed by atoms with Gasteiger partial charge in [0.05, 0.1) is 5.02 Å². The topological polar surface area (TPSA) is 93.4 Å². The van der Waals surface area contributed by atoms with Gasteiger partial charge < -0.3 is 15.9 Å². The average molecular weight is 354 g/mol. The summed E-state index contributed by atoms with van der Waals surface area (Å²) < 4.78 is 0. The van der Waals surface area contributed by atoms with E-state index in [9.17, 15) is 4.79 Å². The maximum atomic E-state index is 12.3. The third-order valence-corrected chi connectivity index (χ3v) is 3.75. The van der Waals surface area contributed by atoms with Crippen LogP contribution in [0.3, 0.4) is 0 Å². The van der Waals surface area contributed by atoms with Crippen molar-refractivity contribution in [2.75, 3.05) is 24.1 Å². The van der Waals surface area contributed by atoms with Crippen LogP contribution >= 0.6 is 23.2 Å². The van der Waals surface area contributed by atoms with E-state index in [1.54, 1.807) is 11.1 Å². The number of aromatic nitrogens is 2. The summed E-state index contributed by atoms with van der Waals surface area (Å²) in [5.74, 6) is -0.0577. The Morgan fingerprint density at radius 1 is 1.35 bits per heavy atom. The van der Waals surface area contributed by atoms with Gasteiger partial charge in [0.2, 0.25) is 0 Å². The molecule has 1 aliphatic heterocycles. The molecule has 1 fully saturated rings. The van der Waals surface area contributed by atoms with Gasteiger partial charge in [0.15, 0.2) is 0 Å². The van der Waals surface area contributed by atoms with Crippen LogP contribution in [0.2, 0.25) is 10.2 Å². The third kappa shape index (κ3) is 3.64. The SMILES string of the molecule is Nc1nc(ON2CCC2)c(NC(=O)c2ccnc(Cl)c2)cc1Cl. The second-order valence-corrected chi connectivity index (χ2v) is 5.70. The van der Waals surface area contributed by atoms with E-state index in [4.69, 9.17) is 33.8 Å². The second kappa shape index (κ2) is 6.57. The molecule has 9 heteroatoms. The zero-order valence-electron chi connectivity index (χ0n) is 11.9. The Bertz CT molecular complexity index is 752. The molecule has 0 atom stereocenters. The molecule has 0 spiro atoms. The quantitative estimate of drug-likeness (QED) is 0.820. The maximum Gasteiger partial charge on any atom is 0.263 e. The van der Waals surface area contributed by atoms with Crippen LogP contribution in [0.5, 0.6) is 5.88 Å². The Kier molecular flexibility index (Phi) is 4.51. The van der Waals surface area contributed by atoms with Crippen molar-refractivity contribution in [3.05, 3.63) is 40.1 Å². The highest BCUT2D eigenvalue weighted by molar-refractivity contribution is 6.33. The lowest BCUT2D eigenvalue weighted by Crippen LogP contribution is -2.40. The number of hydrogen-bond donors (Lipinski definition) is 2. The molecule has 2 aromatic rings. The molecule has 0 saturated carbocycles. The number of nitrogens with zero attached hydrogens (tertiary/aromatic N) is 3. The van der Waals surface area contributed by atoms with E-state index in [0.29, 0.717) is 11.3 Å². The summed E-state index contributed by atoms with van der Waals surface area (Å²) in [4.78, 5) is 25.8. The van der Waals surface area contributed by atoms with Crippen LogP contribution in [-0.2, 0) is 0 Å². The predicted molar refractivity (Wildman–Crippen MR) is 87.7 cm³/mol. The van der Waals surface area contributed by atoms with E-state index in [2.05, 4.69) is 15.3 Å². The molecule has 1 amide bonds. The second-order valence-electron chi connectivity index (χ2n) is 4.90.